The minimum Gasteiger partial charge on any atom is -0.390 e. The van der Waals surface area contributed by atoms with Crippen molar-refractivity contribution in [2.75, 3.05) is 18.0 Å². The number of aliphatic hydroxyl groups is 1. The molecule has 0 radical (unpaired) electrons. The molecular weight excluding hydrogens is 260 g/mol. The Kier molecular flexibility index (Phi) is 4.39. The highest BCUT2D eigenvalue weighted by Crippen LogP contribution is 2.31. The summed E-state index contributed by atoms with van der Waals surface area (Å²) in [5, 5.41) is 10.9. The van der Waals surface area contributed by atoms with Crippen molar-refractivity contribution in [3.63, 3.8) is 0 Å². The maximum Gasteiger partial charge on any atom is 0.0642 e. The summed E-state index contributed by atoms with van der Waals surface area (Å²) in [6.07, 6.45) is 2.61. The lowest BCUT2D eigenvalue weighted by Crippen LogP contribution is -2.28. The van der Waals surface area contributed by atoms with E-state index in [0.717, 1.165) is 48.6 Å². The van der Waals surface area contributed by atoms with Gasteiger partial charge in [0.15, 0.2) is 0 Å². The third-order valence-corrected chi connectivity index (χ3v) is 4.20. The van der Waals surface area contributed by atoms with Crippen molar-refractivity contribution in [2.45, 2.75) is 44.8 Å². The molecule has 1 aliphatic rings. The van der Waals surface area contributed by atoms with Gasteiger partial charge < -0.3 is 15.7 Å². The summed E-state index contributed by atoms with van der Waals surface area (Å²) in [4.78, 5) is 2.26. The van der Waals surface area contributed by atoms with Gasteiger partial charge in [0.25, 0.3) is 0 Å². The Morgan fingerprint density at radius 1 is 1.37 bits per heavy atom. The van der Waals surface area contributed by atoms with Crippen LogP contribution in [0.4, 0.5) is 5.69 Å². The number of anilines is 1. The van der Waals surface area contributed by atoms with Gasteiger partial charge in [0.05, 0.1) is 16.3 Å². The van der Waals surface area contributed by atoms with Crippen LogP contribution in [0.25, 0.3) is 0 Å². The highest BCUT2D eigenvalue weighted by Gasteiger charge is 2.25. The van der Waals surface area contributed by atoms with Crippen molar-refractivity contribution in [1.82, 2.24) is 0 Å². The fraction of sp³-hybridized carbons (Fsp3) is 0.600. The fourth-order valence-corrected chi connectivity index (χ4v) is 2.88. The molecule has 0 bridgehead atoms. The Labute approximate surface area is 120 Å². The van der Waals surface area contributed by atoms with Crippen LogP contribution in [0, 0.1) is 0 Å². The van der Waals surface area contributed by atoms with E-state index in [-0.39, 0.29) is 6.04 Å². The average molecular weight is 283 g/mol. The van der Waals surface area contributed by atoms with E-state index < -0.39 is 5.60 Å². The topological polar surface area (TPSA) is 49.5 Å². The summed E-state index contributed by atoms with van der Waals surface area (Å²) >= 11 is 6.37. The van der Waals surface area contributed by atoms with E-state index >= 15 is 0 Å². The molecule has 1 unspecified atom stereocenters. The van der Waals surface area contributed by atoms with Gasteiger partial charge in [-0.2, -0.15) is 0 Å². The Balaban J connectivity index is 2.18. The Bertz CT molecular complexity index is 446. The van der Waals surface area contributed by atoms with Crippen molar-refractivity contribution < 1.29 is 5.11 Å². The maximum atomic E-state index is 10.1. The third kappa shape index (κ3) is 3.62. The van der Waals surface area contributed by atoms with Crippen LogP contribution in [0.3, 0.4) is 0 Å². The highest BCUT2D eigenvalue weighted by molar-refractivity contribution is 6.33. The predicted octanol–water partition coefficient (Wildman–Crippen LogP) is 3.10. The number of benzene rings is 1. The maximum absolute atomic E-state index is 10.1. The van der Waals surface area contributed by atoms with Crippen LogP contribution in [0.2, 0.25) is 5.02 Å². The molecule has 3 N–H and O–H groups in total. The van der Waals surface area contributed by atoms with Crippen molar-refractivity contribution >= 4 is 17.3 Å². The molecule has 2 atom stereocenters. The zero-order valence-electron chi connectivity index (χ0n) is 11.7. The second kappa shape index (κ2) is 5.70. The van der Waals surface area contributed by atoms with E-state index in [2.05, 4.69) is 4.90 Å². The monoisotopic (exact) mass is 282 g/mol. The van der Waals surface area contributed by atoms with Gasteiger partial charge >= 0.3 is 0 Å². The molecule has 1 aliphatic heterocycles. The van der Waals surface area contributed by atoms with Gasteiger partial charge in [-0.15, -0.1) is 0 Å². The van der Waals surface area contributed by atoms with Crippen LogP contribution in [0.1, 0.15) is 44.7 Å². The molecule has 1 saturated heterocycles. The molecule has 19 heavy (non-hydrogen) atoms. The average Bonchev–Trinajstić information content (AvgIpc) is 2.50. The van der Waals surface area contributed by atoms with Crippen LogP contribution in [0.5, 0.6) is 0 Å². The van der Waals surface area contributed by atoms with Crippen LogP contribution in [-0.4, -0.2) is 23.8 Å². The summed E-state index contributed by atoms with van der Waals surface area (Å²) in [6.45, 7) is 5.64. The predicted molar refractivity (Wildman–Crippen MR) is 80.7 cm³/mol. The third-order valence-electron chi connectivity index (χ3n) is 3.90. The van der Waals surface area contributed by atoms with E-state index in [1.165, 1.54) is 0 Å². The number of nitrogens with zero attached hydrogens (tertiary/aromatic N) is 1. The molecule has 0 aromatic heterocycles. The summed E-state index contributed by atoms with van der Waals surface area (Å²) in [6, 6.07) is 6.03. The normalized spacial score (nSPS) is 26.1. The fourth-order valence-electron chi connectivity index (χ4n) is 2.57. The second-order valence-electron chi connectivity index (χ2n) is 5.84. The van der Waals surface area contributed by atoms with Crippen LogP contribution < -0.4 is 10.6 Å². The van der Waals surface area contributed by atoms with Gasteiger partial charge in [0.2, 0.25) is 0 Å². The first-order chi connectivity index (χ1) is 8.89. The van der Waals surface area contributed by atoms with E-state index in [1.54, 1.807) is 0 Å². The Hall–Kier alpha value is -0.770. The molecule has 0 spiro atoms. The minimum atomic E-state index is -0.549. The molecule has 0 aliphatic carbocycles. The first kappa shape index (κ1) is 14.6. The van der Waals surface area contributed by atoms with Gasteiger partial charge in [-0.1, -0.05) is 17.7 Å². The lowest BCUT2D eigenvalue weighted by atomic mass is 9.98. The Morgan fingerprint density at radius 3 is 2.74 bits per heavy atom. The number of nitrogens with two attached hydrogens (primary N) is 1. The standard InChI is InChI=1S/C15H23ClN2O/c1-11(17)12-4-5-14(13(16)10-12)18-8-3-6-15(2,19)7-9-18/h4-5,10-11,19H,3,6-9,17H2,1-2H3/t11-,15?/m1/s1. The number of hydrogen-bond acceptors (Lipinski definition) is 3. The van der Waals surface area contributed by atoms with Gasteiger partial charge in [-0.25, -0.2) is 0 Å². The summed E-state index contributed by atoms with van der Waals surface area (Å²) < 4.78 is 0. The molecule has 106 valence electrons. The van der Waals surface area contributed by atoms with Gasteiger partial charge in [0, 0.05) is 19.1 Å². The SMILES string of the molecule is C[C@@H](N)c1ccc(N2CCCC(C)(O)CC2)c(Cl)c1. The van der Waals surface area contributed by atoms with Crippen molar-refractivity contribution in [3.8, 4) is 0 Å². The molecule has 3 nitrogen and oxygen atoms in total. The van der Waals surface area contributed by atoms with Crippen LogP contribution >= 0.6 is 11.6 Å². The van der Waals surface area contributed by atoms with Crippen LogP contribution in [0.15, 0.2) is 18.2 Å². The highest BCUT2D eigenvalue weighted by atomic mass is 35.5. The zero-order valence-corrected chi connectivity index (χ0v) is 12.5. The van der Waals surface area contributed by atoms with E-state index in [1.807, 2.05) is 32.0 Å². The molecule has 2 rings (SSSR count). The first-order valence-electron chi connectivity index (χ1n) is 6.91. The number of halogens is 1. The lowest BCUT2D eigenvalue weighted by molar-refractivity contribution is 0.0481. The van der Waals surface area contributed by atoms with Crippen molar-refractivity contribution in [3.05, 3.63) is 28.8 Å². The van der Waals surface area contributed by atoms with Gasteiger partial charge in [0.1, 0.15) is 0 Å². The largest absolute Gasteiger partial charge is 0.390 e. The van der Waals surface area contributed by atoms with Gasteiger partial charge in [-0.05, 0) is 50.8 Å². The van der Waals surface area contributed by atoms with E-state index in [0.29, 0.717) is 0 Å². The Morgan fingerprint density at radius 2 is 2.11 bits per heavy atom. The minimum absolute atomic E-state index is 0.00332. The second-order valence-corrected chi connectivity index (χ2v) is 6.24. The molecule has 1 heterocycles. The molecule has 1 aromatic carbocycles. The summed E-state index contributed by atoms with van der Waals surface area (Å²) in [7, 11) is 0. The van der Waals surface area contributed by atoms with Gasteiger partial charge in [-0.3, -0.25) is 0 Å². The number of hydrogen-bond donors (Lipinski definition) is 2. The molecular formula is C15H23ClN2O. The van der Waals surface area contributed by atoms with E-state index in [9.17, 15) is 5.11 Å². The van der Waals surface area contributed by atoms with Crippen molar-refractivity contribution in [1.29, 1.82) is 0 Å². The van der Waals surface area contributed by atoms with Crippen LogP contribution in [-0.2, 0) is 0 Å². The lowest BCUT2D eigenvalue weighted by Gasteiger charge is -2.25. The summed E-state index contributed by atoms with van der Waals surface area (Å²) in [5.74, 6) is 0. The molecule has 4 heteroatoms. The molecule has 0 amide bonds. The number of rotatable bonds is 2. The van der Waals surface area contributed by atoms with Crippen molar-refractivity contribution in [2.24, 2.45) is 5.73 Å². The molecule has 1 aromatic rings. The quantitative estimate of drug-likeness (QED) is 0.876. The zero-order chi connectivity index (χ0) is 14.0. The molecule has 0 saturated carbocycles. The van der Waals surface area contributed by atoms with E-state index in [4.69, 9.17) is 17.3 Å². The molecule has 1 fully saturated rings. The smallest absolute Gasteiger partial charge is 0.0642 e. The first-order valence-corrected chi connectivity index (χ1v) is 7.29. The summed E-state index contributed by atoms with van der Waals surface area (Å²) in [5.41, 5.74) is 7.41.